The zero-order chi connectivity index (χ0) is 50.1. The van der Waals surface area contributed by atoms with Crippen LogP contribution in [0.2, 0.25) is 0 Å². The lowest BCUT2D eigenvalue weighted by Crippen LogP contribution is -2.58. The average molecular weight is 1000 g/mol. The van der Waals surface area contributed by atoms with Crippen molar-refractivity contribution < 1.29 is 37.4 Å². The number of piperidine rings is 1. The van der Waals surface area contributed by atoms with E-state index in [-0.39, 0.29) is 54.3 Å². The Labute approximate surface area is 420 Å². The minimum absolute atomic E-state index is 0.0666. The molecule has 17 nitrogen and oxygen atoms in total. The number of Topliss-reactive ketones (excluding diaryl/α,β-unsaturated/α-hetero) is 1. The molecule has 3 aliphatic rings. The third-order valence-corrected chi connectivity index (χ3v) is 14.8. The highest BCUT2D eigenvalue weighted by Crippen LogP contribution is 2.34. The second-order valence-electron chi connectivity index (χ2n) is 18.5. The van der Waals surface area contributed by atoms with Gasteiger partial charge < -0.3 is 34.9 Å². The standard InChI is InChI=1S/C52H59F2N11O6S/c1-33(55-2)50(68)61-47(52(69)64-15-4-7-45(64)51-60-44(32-72-51)48(67)36-8-10-40(53)11-9-36)35-12-16-62(17-13-35)18-20-71-22-21-70-19-14-46(66)65-31-38(26-59-65)37-24-42-43(28-57-49(42)56-25-37)39-27-58-63(30-39)29-34-5-3-6-41(54)23-34/h3,5-6,8-11,23-28,30-31,33,35,44-45,47,55H,4,7,12-22,29,32H2,1-2H3,(H,56,57)(H,61,68)/t33-,44?,45-,47-/m0/s1. The summed E-state index contributed by atoms with van der Waals surface area (Å²) in [4.78, 5) is 70.7. The maximum Gasteiger partial charge on any atom is 0.249 e. The highest BCUT2D eigenvalue weighted by atomic mass is 32.2. The highest BCUT2D eigenvalue weighted by Gasteiger charge is 2.42. The van der Waals surface area contributed by atoms with E-state index in [1.165, 1.54) is 52.8 Å². The summed E-state index contributed by atoms with van der Waals surface area (Å²) in [5, 5.41) is 16.5. The lowest BCUT2D eigenvalue weighted by atomic mass is 9.88. The third kappa shape index (κ3) is 12.1. The number of carbonyl (C=O) groups is 4. The van der Waals surface area contributed by atoms with Crippen molar-refractivity contribution in [2.45, 2.75) is 69.7 Å². The first-order chi connectivity index (χ1) is 35.0. The Morgan fingerprint density at radius 1 is 0.875 bits per heavy atom. The van der Waals surface area contributed by atoms with E-state index in [1.54, 1.807) is 49.5 Å². The summed E-state index contributed by atoms with van der Waals surface area (Å²) in [6.45, 7) is 6.34. The number of aromatic nitrogens is 6. The van der Waals surface area contributed by atoms with Crippen molar-refractivity contribution >= 4 is 51.3 Å². The van der Waals surface area contributed by atoms with Gasteiger partial charge in [-0.25, -0.2) is 18.4 Å². The molecule has 0 bridgehead atoms. The van der Waals surface area contributed by atoms with Crippen LogP contribution in [0, 0.1) is 17.6 Å². The van der Waals surface area contributed by atoms with Gasteiger partial charge in [0.1, 0.15) is 29.4 Å². The van der Waals surface area contributed by atoms with E-state index < -0.39 is 23.9 Å². The molecule has 3 aliphatic heterocycles. The largest absolute Gasteiger partial charge is 0.379 e. The first-order valence-electron chi connectivity index (χ1n) is 24.5. The number of rotatable bonds is 21. The summed E-state index contributed by atoms with van der Waals surface area (Å²) in [5.74, 6) is -1.04. The smallest absolute Gasteiger partial charge is 0.249 e. The lowest BCUT2D eigenvalue weighted by Gasteiger charge is -2.38. The van der Waals surface area contributed by atoms with Crippen LogP contribution >= 0.6 is 11.8 Å². The number of nitrogens with one attached hydrogen (secondary N) is 3. The quantitative estimate of drug-likeness (QED) is 0.0575. The number of H-pyrrole nitrogens is 1. The molecule has 378 valence electrons. The molecule has 3 N–H and O–H groups in total. The number of hydrogen-bond acceptors (Lipinski definition) is 13. The number of ketones is 1. The molecule has 7 heterocycles. The van der Waals surface area contributed by atoms with E-state index in [1.807, 2.05) is 29.4 Å². The van der Waals surface area contributed by atoms with Gasteiger partial charge in [0.15, 0.2) is 5.78 Å². The van der Waals surface area contributed by atoms with Gasteiger partial charge in [-0.15, -0.1) is 11.8 Å². The van der Waals surface area contributed by atoms with Gasteiger partial charge in [0, 0.05) is 76.8 Å². The molecule has 0 radical (unpaired) electrons. The van der Waals surface area contributed by atoms with Gasteiger partial charge in [0.25, 0.3) is 0 Å². The summed E-state index contributed by atoms with van der Waals surface area (Å²) in [7, 11) is 1.71. The van der Waals surface area contributed by atoms with Crippen molar-refractivity contribution in [2.24, 2.45) is 10.9 Å². The molecule has 1 unspecified atom stereocenters. The lowest BCUT2D eigenvalue weighted by molar-refractivity contribution is -0.138. The number of amides is 2. The van der Waals surface area contributed by atoms with Gasteiger partial charge >= 0.3 is 0 Å². The molecule has 0 aliphatic carbocycles. The minimum Gasteiger partial charge on any atom is -0.379 e. The molecule has 2 saturated heterocycles. The van der Waals surface area contributed by atoms with Crippen molar-refractivity contribution in [3.63, 3.8) is 0 Å². The Bertz CT molecular complexity index is 2900. The van der Waals surface area contributed by atoms with Crippen LogP contribution in [0.4, 0.5) is 8.78 Å². The second-order valence-corrected chi connectivity index (χ2v) is 19.5. The Hall–Kier alpha value is -6.45. The van der Waals surface area contributed by atoms with Crippen molar-refractivity contribution in [1.29, 1.82) is 0 Å². The number of carbonyl (C=O) groups excluding carboxylic acids is 4. The van der Waals surface area contributed by atoms with Gasteiger partial charge in [-0.05, 0) is 107 Å². The summed E-state index contributed by atoms with van der Waals surface area (Å²) < 4.78 is 41.9. The molecule has 72 heavy (non-hydrogen) atoms. The Morgan fingerprint density at radius 3 is 2.46 bits per heavy atom. The number of fused-ring (bicyclic) bond motifs is 1. The van der Waals surface area contributed by atoms with Gasteiger partial charge in [-0.2, -0.15) is 10.2 Å². The molecule has 6 aromatic rings. The molecule has 2 amide bonds. The van der Waals surface area contributed by atoms with Crippen LogP contribution in [-0.2, 0) is 25.6 Å². The van der Waals surface area contributed by atoms with Gasteiger partial charge in [-0.1, -0.05) is 12.1 Å². The van der Waals surface area contributed by atoms with Gasteiger partial charge in [0.05, 0.1) is 68.9 Å². The number of likely N-dealkylation sites (N-methyl/N-ethyl adjacent to an activating group) is 1. The fraction of sp³-hybridized carbons (Fsp3) is 0.423. The van der Waals surface area contributed by atoms with E-state index in [9.17, 15) is 28.0 Å². The van der Waals surface area contributed by atoms with Crippen molar-refractivity contribution in [2.75, 3.05) is 65.4 Å². The van der Waals surface area contributed by atoms with E-state index in [0.29, 0.717) is 56.4 Å². The number of hydrogen-bond donors (Lipinski definition) is 3. The summed E-state index contributed by atoms with van der Waals surface area (Å²) in [6, 6.07) is 11.9. The number of pyridine rings is 1. The molecular formula is C52H59F2N11O6S. The number of benzene rings is 2. The number of aromatic amines is 1. The van der Waals surface area contributed by atoms with Crippen LogP contribution in [0.25, 0.3) is 33.3 Å². The topological polar surface area (TPSA) is 194 Å². The van der Waals surface area contributed by atoms with E-state index in [2.05, 4.69) is 35.7 Å². The van der Waals surface area contributed by atoms with E-state index in [0.717, 1.165) is 77.0 Å². The average Bonchev–Trinajstić information content (AvgIpc) is 4.27. The van der Waals surface area contributed by atoms with Crippen LogP contribution < -0.4 is 10.6 Å². The number of aliphatic imine (C=N–C) groups is 1. The predicted octanol–water partition coefficient (Wildman–Crippen LogP) is 5.87. The molecule has 0 saturated carbocycles. The predicted molar refractivity (Wildman–Crippen MR) is 270 cm³/mol. The monoisotopic (exact) mass is 1000 g/mol. The first kappa shape index (κ1) is 50.5. The molecule has 4 aromatic heterocycles. The van der Waals surface area contributed by atoms with Crippen LogP contribution in [0.3, 0.4) is 0 Å². The number of halogens is 2. The van der Waals surface area contributed by atoms with E-state index in [4.69, 9.17) is 14.5 Å². The number of likely N-dealkylation sites (tertiary alicyclic amines) is 2. The Morgan fingerprint density at radius 2 is 1.67 bits per heavy atom. The van der Waals surface area contributed by atoms with Crippen LogP contribution in [-0.4, -0.2) is 157 Å². The minimum atomic E-state index is -0.702. The van der Waals surface area contributed by atoms with Crippen LogP contribution in [0.1, 0.15) is 59.7 Å². The zero-order valence-electron chi connectivity index (χ0n) is 40.3. The SMILES string of the molecule is CN[C@@H](C)C(=O)N[C@H](C(=O)N1CCC[C@H]1C1=NC(C(=O)c2ccc(F)cc2)CS1)C1CCN(CCOCCOCCC(=O)n2cc(-c3cnc4[nH]cc(-c5cnn(Cc6cccc(F)c6)c5)c4c3)cn2)CC1. The van der Waals surface area contributed by atoms with Crippen molar-refractivity contribution in [3.8, 4) is 22.3 Å². The van der Waals surface area contributed by atoms with Crippen molar-refractivity contribution in [3.05, 3.63) is 115 Å². The molecule has 4 atom stereocenters. The molecular weight excluding hydrogens is 945 g/mol. The van der Waals surface area contributed by atoms with Gasteiger partial charge in [-0.3, -0.25) is 28.9 Å². The molecule has 2 fully saturated rings. The van der Waals surface area contributed by atoms with Gasteiger partial charge in [0.2, 0.25) is 17.7 Å². The number of nitrogens with zero attached hydrogens (tertiary/aromatic N) is 8. The summed E-state index contributed by atoms with van der Waals surface area (Å²) in [6.07, 6.45) is 13.7. The second kappa shape index (κ2) is 23.4. The zero-order valence-corrected chi connectivity index (χ0v) is 41.2. The maximum atomic E-state index is 14.5. The maximum absolute atomic E-state index is 14.5. The van der Waals surface area contributed by atoms with Crippen LogP contribution in [0.15, 0.2) is 96.8 Å². The molecule has 2 aromatic carbocycles. The summed E-state index contributed by atoms with van der Waals surface area (Å²) >= 11 is 1.49. The normalized spacial score (nSPS) is 18.4. The Kier molecular flexibility index (Phi) is 16.4. The van der Waals surface area contributed by atoms with Crippen LogP contribution in [0.5, 0.6) is 0 Å². The molecule has 20 heteroatoms. The fourth-order valence-corrected chi connectivity index (χ4v) is 10.7. The number of thioether (sulfide) groups is 1. The fourth-order valence-electron chi connectivity index (χ4n) is 9.49. The van der Waals surface area contributed by atoms with E-state index >= 15 is 0 Å². The first-order valence-corrected chi connectivity index (χ1v) is 25.5. The van der Waals surface area contributed by atoms with Crippen molar-refractivity contribution in [1.82, 2.24) is 50.0 Å². The molecule has 9 rings (SSSR count). The third-order valence-electron chi connectivity index (χ3n) is 13.7. The Balaban J connectivity index is 0.696. The highest BCUT2D eigenvalue weighted by molar-refractivity contribution is 8.14. The number of ether oxygens (including phenoxy) is 2. The molecule has 0 spiro atoms. The summed E-state index contributed by atoms with van der Waals surface area (Å²) in [5.41, 5.74) is 5.26.